The van der Waals surface area contributed by atoms with Crippen LogP contribution in [0.4, 0.5) is 0 Å². The van der Waals surface area contributed by atoms with Crippen molar-refractivity contribution < 1.29 is 19.7 Å². The molecule has 2 aliphatic carbocycles. The molecule has 1 unspecified atom stereocenters. The molecule has 2 fully saturated rings. The Morgan fingerprint density at radius 1 is 1.07 bits per heavy atom. The molecule has 2 saturated carbocycles. The number of hydrogen-bond acceptors (Lipinski definition) is 6. The highest BCUT2D eigenvalue weighted by Gasteiger charge is 2.41. The van der Waals surface area contributed by atoms with Gasteiger partial charge in [-0.3, -0.25) is 0 Å². The minimum absolute atomic E-state index is 0.0313. The molecule has 5 rings (SSSR count). The zero-order chi connectivity index (χ0) is 28.7. The highest BCUT2D eigenvalue weighted by atomic mass is 16.5. The molecule has 5 N–H and O–H groups in total. The lowest BCUT2D eigenvalue weighted by atomic mass is 9.75. The molecule has 4 atom stereocenters. The van der Waals surface area contributed by atoms with Crippen molar-refractivity contribution in [3.63, 3.8) is 0 Å². The van der Waals surface area contributed by atoms with Crippen molar-refractivity contribution >= 4 is 0 Å². The number of rotatable bonds is 7. The van der Waals surface area contributed by atoms with Crippen LogP contribution in [0.3, 0.4) is 0 Å². The van der Waals surface area contributed by atoms with Crippen LogP contribution >= 0.6 is 0 Å². The molecule has 0 radical (unpaired) electrons. The molecule has 2 aliphatic heterocycles. The summed E-state index contributed by atoms with van der Waals surface area (Å²) < 4.78 is 13.3. The summed E-state index contributed by atoms with van der Waals surface area (Å²) in [5, 5.41) is 25.0. The number of nitrogens with two attached hydrogens (primary N) is 1. The number of aryl methyl sites for hydroxylation is 1. The van der Waals surface area contributed by atoms with E-state index in [1.54, 1.807) is 6.07 Å². The maximum Gasteiger partial charge on any atom is 0.161 e. The number of aromatic hydroxyl groups is 1. The Labute approximate surface area is 246 Å². The van der Waals surface area contributed by atoms with E-state index in [1.165, 1.54) is 25.7 Å². The molecule has 4 aliphatic rings. The normalized spacial score (nSPS) is 27.6. The van der Waals surface area contributed by atoms with Crippen LogP contribution in [0.15, 0.2) is 41.6 Å². The van der Waals surface area contributed by atoms with Crippen LogP contribution in [0.25, 0.3) is 0 Å². The standard InChI is InChI=1S/C35H50N2O4/c1-25-9-8-12-30(41-35(19-6-3-7-20-35)31-24-37-34(36)22-27(31)16-13-25)23-28(38)17-14-26-15-18-32(39)33(21-26)40-29-10-4-2-5-11-29/h15,18,21-22,24-25,28-30,34,37-39H,2-12,14,17,19-20,23,36H2,1H3/t25-,28-,30+,34?/m1/s1. The van der Waals surface area contributed by atoms with E-state index in [2.05, 4.69) is 24.1 Å². The van der Waals surface area contributed by atoms with Crippen molar-refractivity contribution in [2.45, 2.75) is 140 Å². The molecule has 224 valence electrons. The average molecular weight is 563 g/mol. The van der Waals surface area contributed by atoms with E-state index in [0.717, 1.165) is 80.9 Å². The first-order valence-corrected chi connectivity index (χ1v) is 16.2. The second kappa shape index (κ2) is 14.1. The van der Waals surface area contributed by atoms with Crippen molar-refractivity contribution in [1.29, 1.82) is 0 Å². The first-order valence-electron chi connectivity index (χ1n) is 16.2. The van der Waals surface area contributed by atoms with Gasteiger partial charge in [-0.2, -0.15) is 0 Å². The summed E-state index contributed by atoms with van der Waals surface area (Å²) in [5.74, 6) is 8.01. The Morgan fingerprint density at radius 3 is 2.66 bits per heavy atom. The third-order valence-electron chi connectivity index (χ3n) is 9.39. The first kappa shape index (κ1) is 30.0. The Kier molecular flexibility index (Phi) is 10.3. The molecular formula is C35H50N2O4. The van der Waals surface area contributed by atoms with Gasteiger partial charge in [-0.05, 0) is 101 Å². The lowest BCUT2D eigenvalue weighted by molar-refractivity contribution is -0.105. The van der Waals surface area contributed by atoms with Gasteiger partial charge in [0.1, 0.15) is 0 Å². The van der Waals surface area contributed by atoms with Crippen molar-refractivity contribution in [2.24, 2.45) is 11.7 Å². The number of fused-ring (bicyclic) bond motifs is 2. The van der Waals surface area contributed by atoms with E-state index < -0.39 is 11.7 Å². The van der Waals surface area contributed by atoms with Gasteiger partial charge in [0.2, 0.25) is 0 Å². The van der Waals surface area contributed by atoms with Crippen LogP contribution in [0.5, 0.6) is 11.5 Å². The van der Waals surface area contributed by atoms with Gasteiger partial charge >= 0.3 is 0 Å². The maximum atomic E-state index is 11.3. The fraction of sp³-hybridized carbons (Fsp3) is 0.657. The van der Waals surface area contributed by atoms with Crippen LogP contribution in [0.2, 0.25) is 0 Å². The zero-order valence-electron chi connectivity index (χ0n) is 24.9. The first-order chi connectivity index (χ1) is 19.9. The molecule has 0 amide bonds. The van der Waals surface area contributed by atoms with Gasteiger partial charge in [0, 0.05) is 23.3 Å². The number of ether oxygens (including phenoxy) is 2. The van der Waals surface area contributed by atoms with Crippen molar-refractivity contribution in [1.82, 2.24) is 5.32 Å². The van der Waals surface area contributed by atoms with E-state index in [0.29, 0.717) is 24.5 Å². The Morgan fingerprint density at radius 2 is 1.85 bits per heavy atom. The number of aliphatic hydroxyl groups is 1. The smallest absolute Gasteiger partial charge is 0.161 e. The lowest BCUT2D eigenvalue weighted by Gasteiger charge is -2.43. The number of hydrogen-bond donors (Lipinski definition) is 4. The third-order valence-corrected chi connectivity index (χ3v) is 9.39. The van der Waals surface area contributed by atoms with Gasteiger partial charge in [0.05, 0.1) is 30.1 Å². The Hall–Kier alpha value is -2.46. The lowest BCUT2D eigenvalue weighted by Crippen LogP contribution is -2.45. The number of aliphatic hydroxyl groups excluding tert-OH is 1. The van der Waals surface area contributed by atoms with Gasteiger partial charge in [-0.25, -0.2) is 0 Å². The number of benzene rings is 1. The molecule has 0 aromatic heterocycles. The van der Waals surface area contributed by atoms with Crippen LogP contribution in [-0.2, 0) is 11.2 Å². The maximum absolute atomic E-state index is 11.3. The SMILES string of the molecule is C[C@H]1C#CC2=CC(N)NC=C2C2(CCCCC2)O[C@H](C[C@H](O)CCc2ccc(O)c(OC3CCCCC3)c2)CCC1. The molecule has 1 aromatic rings. The summed E-state index contributed by atoms with van der Waals surface area (Å²) in [4.78, 5) is 0. The molecule has 0 bridgehead atoms. The molecule has 6 nitrogen and oxygen atoms in total. The fourth-order valence-corrected chi connectivity index (χ4v) is 7.03. The second-order valence-electron chi connectivity index (χ2n) is 12.8. The Balaban J connectivity index is 1.26. The van der Waals surface area contributed by atoms with Gasteiger partial charge in [-0.15, -0.1) is 0 Å². The van der Waals surface area contributed by atoms with E-state index in [9.17, 15) is 10.2 Å². The van der Waals surface area contributed by atoms with Gasteiger partial charge in [-0.1, -0.05) is 50.5 Å². The Bertz CT molecular complexity index is 1140. The second-order valence-corrected chi connectivity index (χ2v) is 12.8. The van der Waals surface area contributed by atoms with Crippen LogP contribution in [0.1, 0.15) is 109 Å². The molecule has 1 spiro atoms. The largest absolute Gasteiger partial charge is 0.504 e. The summed E-state index contributed by atoms with van der Waals surface area (Å²) in [6, 6.07) is 5.63. The van der Waals surface area contributed by atoms with E-state index in [4.69, 9.17) is 15.2 Å². The fourth-order valence-electron chi connectivity index (χ4n) is 7.03. The predicted molar refractivity (Wildman–Crippen MR) is 163 cm³/mol. The van der Waals surface area contributed by atoms with Crippen molar-refractivity contribution in [3.8, 4) is 23.3 Å². The minimum Gasteiger partial charge on any atom is -0.504 e. The third kappa shape index (κ3) is 8.09. The van der Waals surface area contributed by atoms with Gasteiger partial charge < -0.3 is 30.7 Å². The van der Waals surface area contributed by atoms with Crippen molar-refractivity contribution in [2.75, 3.05) is 0 Å². The summed E-state index contributed by atoms with van der Waals surface area (Å²) in [5.41, 5.74) is 9.05. The molecule has 6 heteroatoms. The number of dihydropyridines is 1. The summed E-state index contributed by atoms with van der Waals surface area (Å²) >= 11 is 0. The monoisotopic (exact) mass is 562 g/mol. The van der Waals surface area contributed by atoms with Crippen molar-refractivity contribution in [3.05, 3.63) is 47.2 Å². The average Bonchev–Trinajstić information content (AvgIpc) is 2.99. The molecule has 41 heavy (non-hydrogen) atoms. The number of nitrogens with one attached hydrogen (secondary N) is 1. The van der Waals surface area contributed by atoms with E-state index in [1.807, 2.05) is 24.4 Å². The summed E-state index contributed by atoms with van der Waals surface area (Å²) in [6.45, 7) is 2.20. The number of phenolic OH excluding ortho intramolecular Hbond substituents is 1. The van der Waals surface area contributed by atoms with Crippen LogP contribution < -0.4 is 15.8 Å². The highest BCUT2D eigenvalue weighted by molar-refractivity contribution is 5.52. The van der Waals surface area contributed by atoms with Crippen LogP contribution in [0, 0.1) is 17.8 Å². The van der Waals surface area contributed by atoms with Crippen LogP contribution in [-0.4, -0.2) is 40.3 Å². The molecule has 0 saturated heterocycles. The van der Waals surface area contributed by atoms with Gasteiger partial charge in [0.15, 0.2) is 11.5 Å². The van der Waals surface area contributed by atoms with Gasteiger partial charge in [0.25, 0.3) is 0 Å². The summed E-state index contributed by atoms with van der Waals surface area (Å²) in [6.07, 6.45) is 19.6. The zero-order valence-corrected chi connectivity index (χ0v) is 24.9. The van der Waals surface area contributed by atoms with E-state index >= 15 is 0 Å². The topological polar surface area (TPSA) is 97.0 Å². The highest BCUT2D eigenvalue weighted by Crippen LogP contribution is 2.43. The molecule has 1 aromatic carbocycles. The summed E-state index contributed by atoms with van der Waals surface area (Å²) in [7, 11) is 0. The molecular weight excluding hydrogens is 512 g/mol. The predicted octanol–water partition coefficient (Wildman–Crippen LogP) is 6.40. The quantitative estimate of drug-likeness (QED) is 0.287. The number of phenols is 1. The molecule has 2 heterocycles. The van der Waals surface area contributed by atoms with E-state index in [-0.39, 0.29) is 24.1 Å². The minimum atomic E-state index is -0.474.